The van der Waals surface area contributed by atoms with Gasteiger partial charge < -0.3 is 14.6 Å². The first kappa shape index (κ1) is 33.0. The number of aromatic nitrogens is 2. The summed E-state index contributed by atoms with van der Waals surface area (Å²) in [5, 5.41) is 21.1. The van der Waals surface area contributed by atoms with Crippen molar-refractivity contribution in [3.63, 3.8) is 0 Å². The number of aryl methyl sites for hydroxylation is 1. The van der Waals surface area contributed by atoms with Crippen LogP contribution in [0, 0.1) is 6.92 Å². The molecule has 242 valence electrons. The van der Waals surface area contributed by atoms with Gasteiger partial charge in [0.2, 0.25) is 5.13 Å². The van der Waals surface area contributed by atoms with E-state index in [1.54, 1.807) is 54.6 Å². The minimum absolute atomic E-state index is 0.0567. The highest BCUT2D eigenvalue weighted by atomic mass is 35.5. The van der Waals surface area contributed by atoms with Crippen LogP contribution in [0.4, 0.5) is 5.13 Å². The monoisotopic (exact) mass is 695 g/mol. The molecule has 1 aliphatic heterocycles. The molecule has 2 heterocycles. The van der Waals surface area contributed by atoms with E-state index < -0.39 is 17.7 Å². The molecule has 1 aromatic heterocycles. The smallest absolute Gasteiger partial charge is 0.301 e. The van der Waals surface area contributed by atoms with E-state index in [1.807, 2.05) is 49.4 Å². The van der Waals surface area contributed by atoms with E-state index >= 15 is 0 Å². The number of benzene rings is 4. The second kappa shape index (κ2) is 14.9. The van der Waals surface area contributed by atoms with Crippen molar-refractivity contribution in [1.29, 1.82) is 0 Å². The van der Waals surface area contributed by atoms with E-state index in [4.69, 9.17) is 21.1 Å². The lowest BCUT2D eigenvalue weighted by molar-refractivity contribution is -0.132. The molecule has 4 aromatic carbocycles. The number of carbonyl (C=O) groups is 2. The predicted octanol–water partition coefficient (Wildman–Crippen LogP) is 8.56. The number of aliphatic hydroxyl groups excluding tert-OH is 1. The molecule has 48 heavy (non-hydrogen) atoms. The minimum Gasteiger partial charge on any atom is -0.507 e. The molecule has 1 fully saturated rings. The third-order valence-corrected chi connectivity index (χ3v) is 9.88. The van der Waals surface area contributed by atoms with Gasteiger partial charge in [-0.3, -0.25) is 14.5 Å². The van der Waals surface area contributed by atoms with Gasteiger partial charge in [-0.1, -0.05) is 101 Å². The standard InChI is InChI=1S/C37H30ClN3O5S2/c1-3-19-45-29-15-9-26(10-16-29)32-31(33(42)27-11-17-30(18-12-27)46-21-25-6-4-5-23(2)20-25)34(43)35(44)41(32)36-39-40-37(48-36)47-22-24-7-13-28(38)14-8-24/h3-18,20,32,42H,1,19,21-22H2,2H3/b33-31+. The Morgan fingerprint density at radius 2 is 1.67 bits per heavy atom. The number of halogens is 1. The second-order valence-corrected chi connectivity index (χ2v) is 13.5. The Morgan fingerprint density at radius 1 is 0.958 bits per heavy atom. The lowest BCUT2D eigenvalue weighted by Crippen LogP contribution is -2.29. The number of hydrogen-bond acceptors (Lipinski definition) is 9. The first-order valence-electron chi connectivity index (χ1n) is 14.9. The SMILES string of the molecule is C=CCOc1ccc(C2/C(=C(\O)c3ccc(OCc4cccc(C)c4)cc3)C(=O)C(=O)N2c2nnc(SCc3ccc(Cl)cc3)s2)cc1. The summed E-state index contributed by atoms with van der Waals surface area (Å²) >= 11 is 8.67. The molecule has 1 saturated heterocycles. The summed E-state index contributed by atoms with van der Waals surface area (Å²) in [5.74, 6) is -0.136. The number of amides is 1. The largest absolute Gasteiger partial charge is 0.507 e. The molecule has 8 nitrogen and oxygen atoms in total. The van der Waals surface area contributed by atoms with Crippen LogP contribution in [0.5, 0.6) is 11.5 Å². The Balaban J connectivity index is 1.30. The van der Waals surface area contributed by atoms with Crippen LogP contribution in [0.15, 0.2) is 120 Å². The number of carbonyl (C=O) groups excluding carboxylic acids is 2. The number of ketones is 1. The summed E-state index contributed by atoms with van der Waals surface area (Å²) in [6, 6.07) is 28.4. The van der Waals surface area contributed by atoms with Gasteiger partial charge >= 0.3 is 5.91 Å². The molecule has 1 atom stereocenters. The Hall–Kier alpha value is -4.90. The molecule has 11 heteroatoms. The fraction of sp³-hybridized carbons (Fsp3) is 0.135. The van der Waals surface area contributed by atoms with Gasteiger partial charge in [0, 0.05) is 16.3 Å². The zero-order valence-corrected chi connectivity index (χ0v) is 28.2. The van der Waals surface area contributed by atoms with Crippen LogP contribution in [-0.4, -0.2) is 33.6 Å². The molecule has 1 aliphatic rings. The van der Waals surface area contributed by atoms with Crippen molar-refractivity contribution in [2.24, 2.45) is 0 Å². The molecule has 0 aliphatic carbocycles. The summed E-state index contributed by atoms with van der Waals surface area (Å²) < 4.78 is 12.2. The van der Waals surface area contributed by atoms with E-state index in [0.29, 0.717) is 51.0 Å². The maximum Gasteiger partial charge on any atom is 0.301 e. The molecular weight excluding hydrogens is 666 g/mol. The van der Waals surface area contributed by atoms with Gasteiger partial charge in [-0.05, 0) is 72.1 Å². The quantitative estimate of drug-likeness (QED) is 0.0346. The zero-order valence-electron chi connectivity index (χ0n) is 25.8. The van der Waals surface area contributed by atoms with Crippen molar-refractivity contribution < 1.29 is 24.2 Å². The van der Waals surface area contributed by atoms with Gasteiger partial charge in [0.15, 0.2) is 4.34 Å². The molecule has 0 bridgehead atoms. The van der Waals surface area contributed by atoms with Crippen molar-refractivity contribution in [3.05, 3.63) is 148 Å². The Kier molecular flexibility index (Phi) is 10.2. The summed E-state index contributed by atoms with van der Waals surface area (Å²) in [7, 11) is 0. The number of nitrogens with zero attached hydrogens (tertiary/aromatic N) is 3. The fourth-order valence-electron chi connectivity index (χ4n) is 5.16. The molecule has 5 aromatic rings. The number of thioether (sulfide) groups is 1. The first-order valence-corrected chi connectivity index (χ1v) is 17.1. The third kappa shape index (κ3) is 7.46. The lowest BCUT2D eigenvalue weighted by Gasteiger charge is -2.22. The van der Waals surface area contributed by atoms with E-state index in [2.05, 4.69) is 22.8 Å². The average molecular weight is 696 g/mol. The fourth-order valence-corrected chi connectivity index (χ4v) is 7.11. The van der Waals surface area contributed by atoms with Crippen LogP contribution in [0.1, 0.15) is 33.9 Å². The topological polar surface area (TPSA) is 102 Å². The van der Waals surface area contributed by atoms with Gasteiger partial charge in [0.1, 0.15) is 30.5 Å². The van der Waals surface area contributed by atoms with Crippen LogP contribution in [0.2, 0.25) is 5.02 Å². The van der Waals surface area contributed by atoms with Crippen LogP contribution in [0.25, 0.3) is 5.76 Å². The van der Waals surface area contributed by atoms with Crippen LogP contribution in [0.3, 0.4) is 0 Å². The molecular formula is C37H30ClN3O5S2. The van der Waals surface area contributed by atoms with Crippen LogP contribution in [-0.2, 0) is 21.9 Å². The van der Waals surface area contributed by atoms with Gasteiger partial charge in [0.25, 0.3) is 5.78 Å². The molecule has 0 radical (unpaired) electrons. The van der Waals surface area contributed by atoms with Gasteiger partial charge in [-0.25, -0.2) is 0 Å². The number of Topliss-reactive ketones (excluding diaryl/α,β-unsaturated/α-hetero) is 1. The highest BCUT2D eigenvalue weighted by Gasteiger charge is 2.48. The zero-order chi connectivity index (χ0) is 33.6. The van der Waals surface area contributed by atoms with E-state index in [1.165, 1.54) is 28.0 Å². The third-order valence-electron chi connectivity index (χ3n) is 7.50. The van der Waals surface area contributed by atoms with E-state index in [-0.39, 0.29) is 16.5 Å². The van der Waals surface area contributed by atoms with E-state index in [9.17, 15) is 14.7 Å². The van der Waals surface area contributed by atoms with Crippen molar-refractivity contribution in [3.8, 4) is 11.5 Å². The Bertz CT molecular complexity index is 1980. The van der Waals surface area contributed by atoms with Crippen molar-refractivity contribution in [1.82, 2.24) is 10.2 Å². The van der Waals surface area contributed by atoms with Crippen molar-refractivity contribution in [2.75, 3.05) is 11.5 Å². The number of hydrogen-bond donors (Lipinski definition) is 1. The van der Waals surface area contributed by atoms with E-state index in [0.717, 1.165) is 16.7 Å². The molecule has 1 N–H and O–H groups in total. The minimum atomic E-state index is -0.960. The first-order chi connectivity index (χ1) is 23.3. The molecule has 1 unspecified atom stereocenters. The highest BCUT2D eigenvalue weighted by molar-refractivity contribution is 8.00. The van der Waals surface area contributed by atoms with Crippen molar-refractivity contribution >= 4 is 57.3 Å². The average Bonchev–Trinajstić information content (AvgIpc) is 3.67. The van der Waals surface area contributed by atoms with Crippen molar-refractivity contribution in [2.45, 2.75) is 29.7 Å². The summed E-state index contributed by atoms with van der Waals surface area (Å²) in [5.41, 5.74) is 4.12. The Morgan fingerprint density at radius 3 is 2.38 bits per heavy atom. The summed E-state index contributed by atoms with van der Waals surface area (Å²) in [4.78, 5) is 28.6. The van der Waals surface area contributed by atoms with Gasteiger partial charge in [-0.2, -0.15) is 0 Å². The molecule has 0 spiro atoms. The van der Waals surface area contributed by atoms with Crippen LogP contribution < -0.4 is 14.4 Å². The number of rotatable bonds is 12. The molecule has 6 rings (SSSR count). The van der Waals surface area contributed by atoms with Gasteiger partial charge in [0.05, 0.1) is 11.6 Å². The van der Waals surface area contributed by atoms with Gasteiger partial charge in [-0.15, -0.1) is 10.2 Å². The maximum absolute atomic E-state index is 13.7. The second-order valence-electron chi connectivity index (χ2n) is 10.9. The molecule has 1 amide bonds. The summed E-state index contributed by atoms with van der Waals surface area (Å²) in [6.07, 6.45) is 1.64. The predicted molar refractivity (Wildman–Crippen MR) is 190 cm³/mol. The molecule has 0 saturated carbocycles. The lowest BCUT2D eigenvalue weighted by atomic mass is 9.95. The summed E-state index contributed by atoms with van der Waals surface area (Å²) in [6.45, 7) is 6.40. The number of anilines is 1. The maximum atomic E-state index is 13.7. The Labute approximate surface area is 291 Å². The van der Waals surface area contributed by atoms with Crippen LogP contribution >= 0.6 is 34.7 Å². The number of aliphatic hydroxyl groups is 1. The normalized spacial score (nSPS) is 15.5. The highest BCUT2D eigenvalue weighted by Crippen LogP contribution is 2.44. The number of ether oxygens (including phenoxy) is 2.